The normalized spacial score (nSPS) is 27.8. The summed E-state index contributed by atoms with van der Waals surface area (Å²) in [5.74, 6) is 1.31. The van der Waals surface area contributed by atoms with Gasteiger partial charge in [0, 0.05) is 93.5 Å². The average molecular weight is 1120 g/mol. The van der Waals surface area contributed by atoms with Crippen LogP contribution in [0, 0.1) is 28.1 Å². The number of hydrogen-bond donors (Lipinski definition) is 3. The van der Waals surface area contributed by atoms with Crippen molar-refractivity contribution in [1.29, 1.82) is 10.5 Å². The molecule has 6 aliphatic heterocycles. The van der Waals surface area contributed by atoms with Crippen molar-refractivity contribution in [3.05, 3.63) is 99.7 Å². The maximum atomic E-state index is 14.8. The minimum atomic E-state index is -0.854. The van der Waals surface area contributed by atoms with Gasteiger partial charge in [0.25, 0.3) is 5.91 Å². The number of nitrogens with one attached hydrogen (secondary N) is 2. The van der Waals surface area contributed by atoms with Crippen LogP contribution >= 0.6 is 11.3 Å². The summed E-state index contributed by atoms with van der Waals surface area (Å²) in [6.45, 7) is 13.0. The maximum Gasteiger partial charge on any atom is 0.318 e. The van der Waals surface area contributed by atoms with E-state index in [-0.39, 0.29) is 66.7 Å². The minimum Gasteiger partial charge on any atom is -0.462 e. The van der Waals surface area contributed by atoms with E-state index in [1.54, 1.807) is 16.2 Å². The molecule has 3 aromatic heterocycles. The number of hydrogen-bond acceptors (Lipinski definition) is 18. The zero-order valence-electron chi connectivity index (χ0n) is 46.4. The van der Waals surface area contributed by atoms with Crippen molar-refractivity contribution in [2.75, 3.05) is 94.8 Å². The van der Waals surface area contributed by atoms with Crippen LogP contribution < -0.4 is 29.9 Å². The largest absolute Gasteiger partial charge is 0.462 e. The van der Waals surface area contributed by atoms with Gasteiger partial charge in [-0.1, -0.05) is 31.4 Å². The SMILES string of the molecule is C=CC(=O)N1CCN(c2nc(OCC3CC(c4cccc5c4C(=O)NC4(CCc6c(nc(OCC7CCCN7C)nc6N6CCN(C(O)C=C)C(CC#N)C6)C4)C5)CN3C)nc3c2CCC2(Cc4ccsc4NC2=O)C3)CC1CC#N. The molecule has 1 aromatic carbocycles. The molecule has 0 radical (unpaired) electrons. The molecule has 3 N–H and O–H groups in total. The number of rotatable bonds is 14. The Morgan fingerprint density at radius 2 is 1.53 bits per heavy atom. The molecule has 8 atom stereocenters. The lowest BCUT2D eigenvalue weighted by atomic mass is 9.68. The van der Waals surface area contributed by atoms with Gasteiger partial charge in [0.05, 0.1) is 58.4 Å². The van der Waals surface area contributed by atoms with Gasteiger partial charge in [0.15, 0.2) is 0 Å². The number of fused-ring (bicyclic) bond motifs is 4. The monoisotopic (exact) mass is 1120 g/mol. The number of aromatic nitrogens is 4. The van der Waals surface area contributed by atoms with Crippen LogP contribution in [0.25, 0.3) is 0 Å². The van der Waals surface area contributed by atoms with Crippen molar-refractivity contribution in [3.8, 4) is 24.2 Å². The highest BCUT2D eigenvalue weighted by Crippen LogP contribution is 2.47. The second kappa shape index (κ2) is 22.4. The number of benzene rings is 1. The molecule has 21 heteroatoms. The van der Waals surface area contributed by atoms with E-state index in [1.807, 2.05) is 10.3 Å². The number of carbonyl (C=O) groups is 3. The van der Waals surface area contributed by atoms with Crippen molar-refractivity contribution in [2.45, 2.75) is 125 Å². The van der Waals surface area contributed by atoms with Gasteiger partial charge < -0.3 is 44.8 Å². The first-order valence-electron chi connectivity index (χ1n) is 28.8. The van der Waals surface area contributed by atoms with Gasteiger partial charge in [-0.15, -0.1) is 11.3 Å². The third kappa shape index (κ3) is 10.4. The number of ether oxygens (including phenoxy) is 2. The summed E-state index contributed by atoms with van der Waals surface area (Å²) < 4.78 is 13.1. The molecule has 0 bridgehead atoms. The van der Waals surface area contributed by atoms with E-state index >= 15 is 0 Å². The van der Waals surface area contributed by atoms with Crippen molar-refractivity contribution in [1.82, 2.24) is 44.9 Å². The van der Waals surface area contributed by atoms with Gasteiger partial charge in [0.1, 0.15) is 31.1 Å². The maximum absolute atomic E-state index is 14.8. The summed E-state index contributed by atoms with van der Waals surface area (Å²) >= 11 is 1.54. The number of likely N-dealkylation sites (N-methyl/N-ethyl adjacent to an activating group) is 2. The van der Waals surface area contributed by atoms with Crippen LogP contribution in [0.4, 0.5) is 16.6 Å². The molecule has 9 heterocycles. The van der Waals surface area contributed by atoms with Crippen molar-refractivity contribution in [3.63, 3.8) is 0 Å². The summed E-state index contributed by atoms with van der Waals surface area (Å²) in [4.78, 5) is 74.7. The van der Waals surface area contributed by atoms with Crippen LogP contribution in [0.5, 0.6) is 12.0 Å². The number of amides is 3. The van der Waals surface area contributed by atoms with Crippen LogP contribution in [0.3, 0.4) is 0 Å². The Labute approximate surface area is 477 Å². The number of nitrogens with zero attached hydrogens (tertiary/aromatic N) is 12. The highest BCUT2D eigenvalue weighted by Gasteiger charge is 2.48. The zero-order chi connectivity index (χ0) is 56.2. The van der Waals surface area contributed by atoms with E-state index < -0.39 is 17.2 Å². The lowest BCUT2D eigenvalue weighted by Gasteiger charge is -2.45. The molecule has 8 unspecified atom stereocenters. The summed E-state index contributed by atoms with van der Waals surface area (Å²) in [5, 5.41) is 40.1. The first-order chi connectivity index (χ1) is 39.3. The molecule has 2 spiro atoms. The molecule has 12 rings (SSSR count). The smallest absolute Gasteiger partial charge is 0.318 e. The molecule has 424 valence electrons. The van der Waals surface area contributed by atoms with Crippen molar-refractivity contribution in [2.24, 2.45) is 5.41 Å². The minimum absolute atomic E-state index is 0.0111. The number of anilines is 3. The summed E-state index contributed by atoms with van der Waals surface area (Å²) in [6, 6.07) is 13.2. The van der Waals surface area contributed by atoms with E-state index in [9.17, 15) is 30.0 Å². The molecule has 8 aliphatic rings. The molecule has 20 nitrogen and oxygen atoms in total. The lowest BCUT2D eigenvalue weighted by molar-refractivity contribution is -0.128. The van der Waals surface area contributed by atoms with Crippen LogP contribution in [0.1, 0.15) is 100 Å². The second-order valence-electron chi connectivity index (χ2n) is 23.8. The van der Waals surface area contributed by atoms with Gasteiger partial charge in [-0.2, -0.15) is 30.5 Å². The zero-order valence-corrected chi connectivity index (χ0v) is 47.3. The Kier molecular flexibility index (Phi) is 15.1. The molecular formula is C60H72N14O6S. The fourth-order valence-electron chi connectivity index (χ4n) is 14.6. The molecule has 4 aromatic rings. The predicted octanol–water partition coefficient (Wildman–Crippen LogP) is 4.58. The Hall–Kier alpha value is -7.01. The Morgan fingerprint density at radius 3 is 2.25 bits per heavy atom. The van der Waals surface area contributed by atoms with E-state index in [0.717, 1.165) is 93.8 Å². The predicted molar refractivity (Wildman–Crippen MR) is 305 cm³/mol. The van der Waals surface area contributed by atoms with E-state index in [1.165, 1.54) is 12.2 Å². The number of nitriles is 2. The molecule has 4 saturated heterocycles. The van der Waals surface area contributed by atoms with E-state index in [0.29, 0.717) is 110 Å². The second-order valence-corrected chi connectivity index (χ2v) is 24.7. The third-order valence-corrected chi connectivity index (χ3v) is 19.9. The molecule has 81 heavy (non-hydrogen) atoms. The van der Waals surface area contributed by atoms with Crippen LogP contribution in [0.15, 0.2) is 55.0 Å². The summed E-state index contributed by atoms with van der Waals surface area (Å²) in [7, 11) is 4.21. The van der Waals surface area contributed by atoms with E-state index in [4.69, 9.17) is 29.4 Å². The topological polar surface area (TPSA) is 233 Å². The molecule has 3 amide bonds. The van der Waals surface area contributed by atoms with Crippen LogP contribution in [-0.2, 0) is 48.1 Å². The van der Waals surface area contributed by atoms with Gasteiger partial charge >= 0.3 is 12.0 Å². The molecule has 0 saturated carbocycles. The number of aliphatic hydroxyl groups is 1. The summed E-state index contributed by atoms with van der Waals surface area (Å²) in [6.07, 6.45) is 10.1. The van der Waals surface area contributed by atoms with Crippen molar-refractivity contribution < 1.29 is 29.0 Å². The fraction of sp³-hybridized carbons (Fsp3) is 0.550. The van der Waals surface area contributed by atoms with Gasteiger partial charge in [-0.25, -0.2) is 0 Å². The van der Waals surface area contributed by atoms with E-state index in [2.05, 4.69) is 93.9 Å². The molecule has 4 fully saturated rings. The third-order valence-electron chi connectivity index (χ3n) is 19.0. The average Bonchev–Trinajstić information content (AvgIpc) is 4.25. The summed E-state index contributed by atoms with van der Waals surface area (Å²) in [5.41, 5.74) is 6.35. The highest BCUT2D eigenvalue weighted by atomic mass is 32.1. The van der Waals surface area contributed by atoms with Crippen LogP contribution in [0.2, 0.25) is 0 Å². The number of aliphatic hydroxyl groups excluding tert-OH is 1. The number of thiophene rings is 1. The number of likely N-dealkylation sites (tertiary alicyclic amines) is 2. The molecule has 2 aliphatic carbocycles. The van der Waals surface area contributed by atoms with Crippen molar-refractivity contribution >= 4 is 45.7 Å². The van der Waals surface area contributed by atoms with Crippen LogP contribution in [-0.4, -0.2) is 178 Å². The highest BCUT2D eigenvalue weighted by molar-refractivity contribution is 7.14. The number of carbonyl (C=O) groups excluding carboxylic acids is 3. The van der Waals surface area contributed by atoms with Gasteiger partial charge in [0.2, 0.25) is 11.8 Å². The quantitative estimate of drug-likeness (QED) is 0.116. The number of piperazine rings is 2. The van der Waals surface area contributed by atoms with Gasteiger partial charge in [-0.05, 0) is 125 Å². The Bertz CT molecular complexity index is 3230. The standard InChI is InChI=1S/C60H72N14O6S/c1-5-49(75)73-24-22-71(33-40(73)14-19-61)52-45-12-17-59(28-38-16-26-81-55(38)67-56(59)78)30-47(45)63-57(65-52)80-36-43-27-39(32-70(43)4)44-11-7-9-37-29-60(68-54(77)51(37)44)18-13-46-48(31-60)64-58(79-35-42-10-8-21-69(42)3)66-53(46)72-23-25-74(50(76)6-2)41(34-72)15-20-62/h5-7,9,11,16,26,39-43,50,76H,1-2,8,10,12-15,17-18,21-25,27-36H2,3-4H3,(H,67,78)(H,68,77). The molecular weight excluding hydrogens is 1040 g/mol. The Morgan fingerprint density at radius 1 is 0.827 bits per heavy atom. The van der Waals surface area contributed by atoms with Gasteiger partial charge in [-0.3, -0.25) is 24.2 Å². The first-order valence-corrected chi connectivity index (χ1v) is 29.7. The Balaban J connectivity index is 0.776. The fourth-order valence-corrected chi connectivity index (χ4v) is 15.4. The lowest BCUT2D eigenvalue weighted by Crippen LogP contribution is -2.58. The first kappa shape index (κ1) is 54.6.